The zero-order chi connectivity index (χ0) is 17.3. The molecule has 1 aliphatic heterocycles. The minimum atomic E-state index is -3.82. The summed E-state index contributed by atoms with van der Waals surface area (Å²) in [6.45, 7) is 3.79. The predicted octanol–water partition coefficient (Wildman–Crippen LogP) is 1.07. The van der Waals surface area contributed by atoms with Crippen molar-refractivity contribution in [2.75, 3.05) is 19.8 Å². The number of benzene rings is 1. The van der Waals surface area contributed by atoms with Crippen LogP contribution in [-0.2, 0) is 10.0 Å². The Kier molecular flexibility index (Phi) is 4.48. The first-order chi connectivity index (χ1) is 11.4. The van der Waals surface area contributed by atoms with Crippen molar-refractivity contribution in [2.45, 2.75) is 24.8 Å². The van der Waals surface area contributed by atoms with E-state index >= 15 is 0 Å². The van der Waals surface area contributed by atoms with Gasteiger partial charge in [0.15, 0.2) is 17.3 Å². The molecule has 2 heterocycles. The first-order valence-electron chi connectivity index (χ1n) is 7.38. The van der Waals surface area contributed by atoms with Gasteiger partial charge in [-0.15, -0.1) is 0 Å². The third kappa shape index (κ3) is 3.23. The van der Waals surface area contributed by atoms with Gasteiger partial charge in [0.05, 0.1) is 6.10 Å². The lowest BCUT2D eigenvalue weighted by molar-refractivity contribution is 0.165. The zero-order valence-corrected chi connectivity index (χ0v) is 14.1. The Bertz CT molecular complexity index is 826. The number of aromatic nitrogens is 1. The standard InChI is InChI=1S/C15H18N2O6S/c1-9-15(10(2)23-17-9)24(19,20)16-8-12(18)11-3-4-13-14(7-11)22-6-5-21-13/h3-4,7,12,16,18H,5-6,8H2,1-2H3/t12-/m0/s1. The third-order valence-electron chi connectivity index (χ3n) is 3.65. The van der Waals surface area contributed by atoms with E-state index in [1.54, 1.807) is 25.1 Å². The fraction of sp³-hybridized carbons (Fsp3) is 0.400. The maximum atomic E-state index is 12.3. The lowest BCUT2D eigenvalue weighted by atomic mass is 10.1. The fourth-order valence-electron chi connectivity index (χ4n) is 2.50. The van der Waals surface area contributed by atoms with Crippen LogP contribution in [-0.4, -0.2) is 38.4 Å². The van der Waals surface area contributed by atoms with Crippen molar-refractivity contribution in [1.82, 2.24) is 9.88 Å². The Morgan fingerprint density at radius 2 is 1.96 bits per heavy atom. The van der Waals surface area contributed by atoms with Gasteiger partial charge in [-0.3, -0.25) is 0 Å². The van der Waals surface area contributed by atoms with Gasteiger partial charge < -0.3 is 19.1 Å². The first-order valence-corrected chi connectivity index (χ1v) is 8.87. The van der Waals surface area contributed by atoms with Crippen LogP contribution in [0.1, 0.15) is 23.1 Å². The molecule has 1 aromatic carbocycles. The van der Waals surface area contributed by atoms with Crippen LogP contribution in [0, 0.1) is 13.8 Å². The van der Waals surface area contributed by atoms with Gasteiger partial charge in [-0.2, -0.15) is 0 Å². The maximum absolute atomic E-state index is 12.3. The molecule has 1 atom stereocenters. The molecule has 0 radical (unpaired) electrons. The smallest absolute Gasteiger partial charge is 0.246 e. The van der Waals surface area contributed by atoms with Crippen LogP contribution >= 0.6 is 0 Å². The molecule has 130 valence electrons. The Labute approximate surface area is 139 Å². The number of aliphatic hydroxyl groups is 1. The van der Waals surface area contributed by atoms with Gasteiger partial charge in [0.2, 0.25) is 10.0 Å². The van der Waals surface area contributed by atoms with Crippen LogP contribution in [0.5, 0.6) is 11.5 Å². The molecule has 0 saturated heterocycles. The number of nitrogens with zero attached hydrogens (tertiary/aromatic N) is 1. The number of fused-ring (bicyclic) bond motifs is 1. The number of hydrogen-bond donors (Lipinski definition) is 2. The normalized spacial score (nSPS) is 15.3. The van der Waals surface area contributed by atoms with Crippen molar-refractivity contribution in [1.29, 1.82) is 0 Å². The molecule has 3 rings (SSSR count). The summed E-state index contributed by atoms with van der Waals surface area (Å²) in [6.07, 6.45) is -1.03. The highest BCUT2D eigenvalue weighted by molar-refractivity contribution is 7.89. The number of sulfonamides is 1. The van der Waals surface area contributed by atoms with E-state index in [0.29, 0.717) is 30.3 Å². The maximum Gasteiger partial charge on any atom is 0.246 e. The molecule has 1 aliphatic rings. The van der Waals surface area contributed by atoms with E-state index in [-0.39, 0.29) is 22.9 Å². The van der Waals surface area contributed by atoms with Crippen LogP contribution in [0.25, 0.3) is 0 Å². The highest BCUT2D eigenvalue weighted by Gasteiger charge is 2.25. The predicted molar refractivity (Wildman–Crippen MR) is 83.6 cm³/mol. The van der Waals surface area contributed by atoms with Crippen LogP contribution in [0.3, 0.4) is 0 Å². The van der Waals surface area contributed by atoms with Crippen LogP contribution in [0.4, 0.5) is 0 Å². The average Bonchev–Trinajstić information content (AvgIpc) is 2.91. The number of rotatable bonds is 5. The molecule has 0 unspecified atom stereocenters. The van der Waals surface area contributed by atoms with E-state index in [4.69, 9.17) is 14.0 Å². The minimum Gasteiger partial charge on any atom is -0.486 e. The molecule has 0 spiro atoms. The highest BCUT2D eigenvalue weighted by Crippen LogP contribution is 2.32. The van der Waals surface area contributed by atoms with Gasteiger partial charge in [-0.05, 0) is 31.5 Å². The molecule has 0 bridgehead atoms. The molecule has 0 saturated carbocycles. The molecule has 0 aliphatic carbocycles. The quantitative estimate of drug-likeness (QED) is 0.826. The molecule has 0 amide bonds. The van der Waals surface area contributed by atoms with E-state index in [2.05, 4.69) is 9.88 Å². The lowest BCUT2D eigenvalue weighted by Gasteiger charge is -2.20. The Morgan fingerprint density at radius 1 is 1.25 bits per heavy atom. The molecule has 2 aromatic rings. The summed E-state index contributed by atoms with van der Waals surface area (Å²) in [5.41, 5.74) is 0.800. The molecule has 24 heavy (non-hydrogen) atoms. The van der Waals surface area contributed by atoms with Gasteiger partial charge in [0.25, 0.3) is 0 Å². The van der Waals surface area contributed by atoms with Gasteiger partial charge in [0, 0.05) is 6.54 Å². The minimum absolute atomic E-state index is 0.00289. The lowest BCUT2D eigenvalue weighted by Crippen LogP contribution is -2.29. The summed E-state index contributed by atoms with van der Waals surface area (Å²) in [4.78, 5) is -0.00289. The molecular formula is C15H18N2O6S. The third-order valence-corrected chi connectivity index (χ3v) is 5.32. The van der Waals surface area contributed by atoms with Gasteiger partial charge in [-0.1, -0.05) is 11.2 Å². The van der Waals surface area contributed by atoms with Crippen molar-refractivity contribution in [3.05, 3.63) is 35.2 Å². The molecular weight excluding hydrogens is 336 g/mol. The Morgan fingerprint density at radius 3 is 2.62 bits per heavy atom. The Balaban J connectivity index is 1.72. The van der Waals surface area contributed by atoms with Crippen molar-refractivity contribution in [3.8, 4) is 11.5 Å². The monoisotopic (exact) mass is 354 g/mol. The molecule has 2 N–H and O–H groups in total. The second-order valence-electron chi connectivity index (χ2n) is 5.42. The number of hydrogen-bond acceptors (Lipinski definition) is 7. The van der Waals surface area contributed by atoms with Crippen LogP contribution < -0.4 is 14.2 Å². The summed E-state index contributed by atoms with van der Waals surface area (Å²) in [7, 11) is -3.82. The van der Waals surface area contributed by atoms with Crippen LogP contribution in [0.15, 0.2) is 27.6 Å². The fourth-order valence-corrected chi connectivity index (χ4v) is 3.87. The summed E-state index contributed by atoms with van der Waals surface area (Å²) in [5, 5.41) is 13.9. The van der Waals surface area contributed by atoms with Crippen molar-refractivity contribution in [3.63, 3.8) is 0 Å². The zero-order valence-electron chi connectivity index (χ0n) is 13.3. The second-order valence-corrected chi connectivity index (χ2v) is 7.13. The van der Waals surface area contributed by atoms with Gasteiger partial charge in [0.1, 0.15) is 23.8 Å². The SMILES string of the molecule is Cc1noc(C)c1S(=O)(=O)NC[C@H](O)c1ccc2c(c1)OCCO2. The van der Waals surface area contributed by atoms with Crippen LogP contribution in [0.2, 0.25) is 0 Å². The van der Waals surface area contributed by atoms with Crippen molar-refractivity contribution < 1.29 is 27.5 Å². The summed E-state index contributed by atoms with van der Waals surface area (Å²) < 4.78 is 42.8. The van der Waals surface area contributed by atoms with Crippen molar-refractivity contribution >= 4 is 10.0 Å². The topological polar surface area (TPSA) is 111 Å². The van der Waals surface area contributed by atoms with E-state index in [9.17, 15) is 13.5 Å². The van der Waals surface area contributed by atoms with E-state index in [1.165, 1.54) is 6.92 Å². The number of nitrogens with one attached hydrogen (secondary N) is 1. The van der Waals surface area contributed by atoms with E-state index < -0.39 is 16.1 Å². The number of aliphatic hydroxyl groups excluding tert-OH is 1. The summed E-state index contributed by atoms with van der Waals surface area (Å²) >= 11 is 0. The summed E-state index contributed by atoms with van der Waals surface area (Å²) in [5.74, 6) is 1.34. The largest absolute Gasteiger partial charge is 0.486 e. The molecule has 0 fully saturated rings. The molecule has 8 nitrogen and oxygen atoms in total. The summed E-state index contributed by atoms with van der Waals surface area (Å²) in [6, 6.07) is 5.00. The Hall–Kier alpha value is -2.10. The van der Waals surface area contributed by atoms with Gasteiger partial charge >= 0.3 is 0 Å². The first kappa shape index (κ1) is 16.7. The molecule has 9 heteroatoms. The average molecular weight is 354 g/mol. The molecule has 1 aromatic heterocycles. The highest BCUT2D eigenvalue weighted by atomic mass is 32.2. The number of aryl methyl sites for hydroxylation is 2. The van der Waals surface area contributed by atoms with E-state index in [0.717, 1.165) is 0 Å². The number of ether oxygens (including phenoxy) is 2. The second kappa shape index (κ2) is 6.42. The van der Waals surface area contributed by atoms with Crippen molar-refractivity contribution in [2.24, 2.45) is 0 Å². The van der Waals surface area contributed by atoms with E-state index in [1.807, 2.05) is 0 Å². The van der Waals surface area contributed by atoms with Gasteiger partial charge in [-0.25, -0.2) is 13.1 Å².